The van der Waals surface area contributed by atoms with Gasteiger partial charge in [-0.15, -0.1) is 0 Å². The van der Waals surface area contributed by atoms with Crippen molar-refractivity contribution in [1.29, 1.82) is 0 Å². The Labute approximate surface area is 124 Å². The van der Waals surface area contributed by atoms with E-state index in [4.69, 9.17) is 0 Å². The highest BCUT2D eigenvalue weighted by molar-refractivity contribution is 5.22. The molecule has 2 aromatic rings. The molecule has 0 aliphatic rings. The molecule has 0 bridgehead atoms. The van der Waals surface area contributed by atoms with Crippen LogP contribution in [0.2, 0.25) is 0 Å². The number of aromatic nitrogens is 2. The lowest BCUT2D eigenvalue weighted by Crippen LogP contribution is -2.24. The van der Waals surface area contributed by atoms with Crippen molar-refractivity contribution in [1.82, 2.24) is 15.1 Å². The van der Waals surface area contributed by atoms with Crippen LogP contribution in [0.5, 0.6) is 0 Å². The fraction of sp³-hybridized carbons (Fsp3) is 0.438. The van der Waals surface area contributed by atoms with Gasteiger partial charge in [0.15, 0.2) is 0 Å². The Morgan fingerprint density at radius 2 is 2.10 bits per heavy atom. The summed E-state index contributed by atoms with van der Waals surface area (Å²) in [7, 11) is 0. The summed E-state index contributed by atoms with van der Waals surface area (Å²) in [6, 6.07) is 3.72. The lowest BCUT2D eigenvalue weighted by molar-refractivity contribution is 0.507. The smallest absolute Gasteiger partial charge is 0.129 e. The van der Waals surface area contributed by atoms with Crippen molar-refractivity contribution in [3.63, 3.8) is 0 Å². The van der Waals surface area contributed by atoms with Gasteiger partial charge in [-0.05, 0) is 37.9 Å². The Kier molecular flexibility index (Phi) is 5.44. The molecule has 2 rings (SSSR count). The van der Waals surface area contributed by atoms with E-state index in [1.165, 1.54) is 12.1 Å². The highest BCUT2D eigenvalue weighted by atomic mass is 19.1. The summed E-state index contributed by atoms with van der Waals surface area (Å²) >= 11 is 0. The zero-order valence-corrected chi connectivity index (χ0v) is 12.4. The minimum atomic E-state index is -0.548. The topological polar surface area (TPSA) is 29.9 Å². The average molecular weight is 293 g/mol. The summed E-state index contributed by atoms with van der Waals surface area (Å²) in [6.45, 7) is 5.74. The van der Waals surface area contributed by atoms with Crippen LogP contribution in [0, 0.1) is 11.6 Å². The minimum Gasteiger partial charge on any atom is -0.310 e. The fourth-order valence-electron chi connectivity index (χ4n) is 2.27. The number of halogens is 2. The van der Waals surface area contributed by atoms with Gasteiger partial charge in [0.1, 0.15) is 11.6 Å². The molecule has 1 aromatic carbocycles. The van der Waals surface area contributed by atoms with Crippen molar-refractivity contribution in [2.45, 2.75) is 39.3 Å². The molecular formula is C16H21F2N3. The molecule has 0 spiro atoms. The molecule has 21 heavy (non-hydrogen) atoms. The Morgan fingerprint density at radius 1 is 1.29 bits per heavy atom. The maximum atomic E-state index is 13.8. The predicted molar refractivity (Wildman–Crippen MR) is 79.0 cm³/mol. The molecule has 1 atom stereocenters. The first-order chi connectivity index (χ1) is 10.1. The van der Waals surface area contributed by atoms with E-state index in [-0.39, 0.29) is 6.04 Å². The molecule has 3 nitrogen and oxygen atoms in total. The van der Waals surface area contributed by atoms with Crippen LogP contribution < -0.4 is 5.32 Å². The molecule has 0 saturated heterocycles. The number of rotatable bonds is 7. The van der Waals surface area contributed by atoms with Crippen molar-refractivity contribution in [2.24, 2.45) is 0 Å². The molecule has 1 aromatic heterocycles. The Bertz CT molecular complexity index is 581. The van der Waals surface area contributed by atoms with E-state index in [2.05, 4.69) is 17.3 Å². The number of aryl methyl sites for hydroxylation is 1. The van der Waals surface area contributed by atoms with E-state index in [9.17, 15) is 8.78 Å². The maximum Gasteiger partial charge on any atom is 0.129 e. The van der Waals surface area contributed by atoms with E-state index in [1.54, 1.807) is 6.20 Å². The third kappa shape index (κ3) is 4.11. The molecular weight excluding hydrogens is 272 g/mol. The van der Waals surface area contributed by atoms with E-state index >= 15 is 0 Å². The molecule has 1 N–H and O–H groups in total. The summed E-state index contributed by atoms with van der Waals surface area (Å²) in [5.74, 6) is -1.05. The first-order valence-electron chi connectivity index (χ1n) is 7.33. The number of hydrogen-bond donors (Lipinski definition) is 1. The second-order valence-corrected chi connectivity index (χ2v) is 5.08. The number of nitrogens with one attached hydrogen (secondary N) is 1. The monoisotopic (exact) mass is 293 g/mol. The molecule has 0 saturated carbocycles. The lowest BCUT2D eigenvalue weighted by Gasteiger charge is -2.17. The van der Waals surface area contributed by atoms with E-state index < -0.39 is 11.6 Å². The van der Waals surface area contributed by atoms with Crippen molar-refractivity contribution in [2.75, 3.05) is 6.54 Å². The van der Waals surface area contributed by atoms with Crippen LogP contribution in [0.4, 0.5) is 8.78 Å². The van der Waals surface area contributed by atoms with Gasteiger partial charge in [0.2, 0.25) is 0 Å². The average Bonchev–Trinajstić information content (AvgIpc) is 2.94. The van der Waals surface area contributed by atoms with Crippen LogP contribution in [0.3, 0.4) is 0 Å². The van der Waals surface area contributed by atoms with Gasteiger partial charge in [-0.1, -0.05) is 13.0 Å². The summed E-state index contributed by atoms with van der Waals surface area (Å²) in [5, 5.41) is 7.66. The third-order valence-corrected chi connectivity index (χ3v) is 3.46. The zero-order chi connectivity index (χ0) is 15.2. The van der Waals surface area contributed by atoms with Gasteiger partial charge < -0.3 is 5.32 Å². The Morgan fingerprint density at radius 3 is 2.71 bits per heavy atom. The molecule has 0 aliphatic heterocycles. The number of hydrogen-bond acceptors (Lipinski definition) is 2. The predicted octanol–water partition coefficient (Wildman–Crippen LogP) is 3.46. The van der Waals surface area contributed by atoms with Gasteiger partial charge in [-0.3, -0.25) is 4.68 Å². The fourth-order valence-corrected chi connectivity index (χ4v) is 2.27. The second kappa shape index (κ2) is 7.31. The summed E-state index contributed by atoms with van der Waals surface area (Å²) < 4.78 is 28.7. The summed E-state index contributed by atoms with van der Waals surface area (Å²) in [5.41, 5.74) is 1.53. The van der Waals surface area contributed by atoms with E-state index in [0.717, 1.165) is 31.1 Å². The number of benzene rings is 1. The highest BCUT2D eigenvalue weighted by Gasteiger charge is 2.16. The zero-order valence-electron chi connectivity index (χ0n) is 12.4. The Hall–Kier alpha value is -1.75. The molecule has 0 amide bonds. The second-order valence-electron chi connectivity index (χ2n) is 5.08. The Balaban J connectivity index is 2.19. The molecule has 0 aliphatic carbocycles. The molecule has 114 valence electrons. The summed E-state index contributed by atoms with van der Waals surface area (Å²) in [6.07, 6.45) is 5.23. The third-order valence-electron chi connectivity index (χ3n) is 3.46. The van der Waals surface area contributed by atoms with Gasteiger partial charge >= 0.3 is 0 Å². The van der Waals surface area contributed by atoms with Crippen LogP contribution in [0.15, 0.2) is 30.6 Å². The SMILES string of the molecule is CCCNC(Cc1ccc(F)cc1F)c1cnn(CC)c1. The highest BCUT2D eigenvalue weighted by Crippen LogP contribution is 2.20. The van der Waals surface area contributed by atoms with E-state index in [1.807, 2.05) is 17.8 Å². The molecule has 1 heterocycles. The first kappa shape index (κ1) is 15.6. The molecule has 5 heteroatoms. The van der Waals surface area contributed by atoms with Gasteiger partial charge in [-0.2, -0.15) is 5.10 Å². The lowest BCUT2D eigenvalue weighted by atomic mass is 10.0. The van der Waals surface area contributed by atoms with Crippen LogP contribution >= 0.6 is 0 Å². The van der Waals surface area contributed by atoms with E-state index in [0.29, 0.717) is 12.0 Å². The first-order valence-corrected chi connectivity index (χ1v) is 7.33. The molecule has 0 radical (unpaired) electrons. The maximum absolute atomic E-state index is 13.8. The number of nitrogens with zero attached hydrogens (tertiary/aromatic N) is 2. The van der Waals surface area contributed by atoms with Crippen LogP contribution in [-0.4, -0.2) is 16.3 Å². The van der Waals surface area contributed by atoms with Crippen molar-refractivity contribution in [3.8, 4) is 0 Å². The van der Waals surface area contributed by atoms with Crippen LogP contribution in [0.25, 0.3) is 0 Å². The standard InChI is InChI=1S/C16H21F2N3/c1-3-7-19-16(13-10-20-21(4-2)11-13)8-12-5-6-14(17)9-15(12)18/h5-6,9-11,16,19H,3-4,7-8H2,1-2H3. The summed E-state index contributed by atoms with van der Waals surface area (Å²) in [4.78, 5) is 0. The quantitative estimate of drug-likeness (QED) is 0.847. The van der Waals surface area contributed by atoms with Gasteiger partial charge in [-0.25, -0.2) is 8.78 Å². The van der Waals surface area contributed by atoms with Crippen molar-refractivity contribution < 1.29 is 8.78 Å². The van der Waals surface area contributed by atoms with Crippen molar-refractivity contribution >= 4 is 0 Å². The van der Waals surface area contributed by atoms with Gasteiger partial charge in [0, 0.05) is 30.4 Å². The molecule has 1 unspecified atom stereocenters. The van der Waals surface area contributed by atoms with Gasteiger partial charge in [0.25, 0.3) is 0 Å². The van der Waals surface area contributed by atoms with Gasteiger partial charge in [0.05, 0.1) is 6.20 Å². The molecule has 0 fully saturated rings. The largest absolute Gasteiger partial charge is 0.310 e. The normalized spacial score (nSPS) is 12.6. The minimum absolute atomic E-state index is 0.0230. The van der Waals surface area contributed by atoms with Crippen molar-refractivity contribution in [3.05, 3.63) is 53.4 Å². The van der Waals surface area contributed by atoms with Crippen LogP contribution in [0.1, 0.15) is 37.4 Å². The van der Waals surface area contributed by atoms with Crippen LogP contribution in [-0.2, 0) is 13.0 Å².